The van der Waals surface area contributed by atoms with Crippen LogP contribution in [0, 0.1) is 6.92 Å². The maximum Gasteiger partial charge on any atom is 0.221 e. The molecule has 0 spiro atoms. The fraction of sp³-hybridized carbons (Fsp3) is 0.238. The average Bonchev–Trinajstić information content (AvgIpc) is 3.10. The number of benzene rings is 2. The number of aryl methyl sites for hydroxylation is 1. The lowest BCUT2D eigenvalue weighted by Crippen LogP contribution is -2.25. The van der Waals surface area contributed by atoms with Crippen LogP contribution >= 0.6 is 0 Å². The van der Waals surface area contributed by atoms with Crippen molar-refractivity contribution < 1.29 is 9.53 Å². The molecular formula is C21H23N3O2. The second-order valence-corrected chi connectivity index (χ2v) is 6.19. The molecule has 0 aliphatic rings. The summed E-state index contributed by atoms with van der Waals surface area (Å²) in [6.07, 6.45) is 2.01. The van der Waals surface area contributed by atoms with Gasteiger partial charge in [0.05, 0.1) is 25.7 Å². The number of carbonyl (C=O) groups excluding carboxylic acids is 1. The molecule has 1 heterocycles. The highest BCUT2D eigenvalue weighted by Crippen LogP contribution is 2.29. The first-order valence-corrected chi connectivity index (χ1v) is 8.62. The first kappa shape index (κ1) is 17.7. The third-order valence-corrected chi connectivity index (χ3v) is 4.50. The summed E-state index contributed by atoms with van der Waals surface area (Å²) in [5, 5.41) is 2.97. The topological polar surface area (TPSA) is 67.0 Å². The summed E-state index contributed by atoms with van der Waals surface area (Å²) >= 11 is 0. The Hall–Kier alpha value is -3.08. The van der Waals surface area contributed by atoms with E-state index in [0.29, 0.717) is 13.0 Å². The summed E-state index contributed by atoms with van der Waals surface area (Å²) in [6, 6.07) is 18.0. The van der Waals surface area contributed by atoms with Gasteiger partial charge in [-0.05, 0) is 30.2 Å². The Bertz CT molecular complexity index is 841. The van der Waals surface area contributed by atoms with Gasteiger partial charge in [-0.2, -0.15) is 0 Å². The Morgan fingerprint density at radius 3 is 2.42 bits per heavy atom. The molecule has 0 radical (unpaired) electrons. The van der Waals surface area contributed by atoms with Crippen LogP contribution in [0.5, 0.6) is 5.75 Å². The maximum atomic E-state index is 12.6. The number of aromatic nitrogens is 2. The van der Waals surface area contributed by atoms with Crippen molar-refractivity contribution in [2.45, 2.75) is 25.8 Å². The molecular weight excluding hydrogens is 326 g/mol. The van der Waals surface area contributed by atoms with Crippen molar-refractivity contribution in [3.63, 3.8) is 0 Å². The third kappa shape index (κ3) is 4.30. The van der Waals surface area contributed by atoms with E-state index in [0.717, 1.165) is 28.3 Å². The summed E-state index contributed by atoms with van der Waals surface area (Å²) < 4.78 is 5.24. The first-order valence-electron chi connectivity index (χ1n) is 8.62. The summed E-state index contributed by atoms with van der Waals surface area (Å²) in [7, 11) is 1.65. The quantitative estimate of drug-likeness (QED) is 0.685. The smallest absolute Gasteiger partial charge is 0.221 e. The second kappa shape index (κ2) is 8.34. The number of nitrogens with one attached hydrogen (secondary N) is 2. The zero-order chi connectivity index (χ0) is 18.4. The highest BCUT2D eigenvalue weighted by atomic mass is 16.5. The van der Waals surface area contributed by atoms with Crippen LogP contribution in [0.25, 0.3) is 0 Å². The lowest BCUT2D eigenvalue weighted by Gasteiger charge is -2.18. The van der Waals surface area contributed by atoms with E-state index in [2.05, 4.69) is 27.4 Å². The number of imidazole rings is 1. The second-order valence-electron chi connectivity index (χ2n) is 6.19. The van der Waals surface area contributed by atoms with Crippen molar-refractivity contribution in [1.82, 2.24) is 15.3 Å². The van der Waals surface area contributed by atoms with E-state index in [9.17, 15) is 4.79 Å². The highest BCUT2D eigenvalue weighted by molar-refractivity contribution is 5.77. The summed E-state index contributed by atoms with van der Waals surface area (Å²) in [5.41, 5.74) is 4.03. The molecule has 0 fully saturated rings. The molecule has 0 aliphatic heterocycles. The highest BCUT2D eigenvalue weighted by Gasteiger charge is 2.18. The van der Waals surface area contributed by atoms with Crippen molar-refractivity contribution in [2.75, 3.05) is 7.11 Å². The van der Waals surface area contributed by atoms with Crippen LogP contribution in [-0.4, -0.2) is 23.0 Å². The SMILES string of the molecule is COc1ccc([C@@H](CC(=O)NCc2nc[nH]c2C)c2ccccc2)cc1. The van der Waals surface area contributed by atoms with Gasteiger partial charge in [-0.15, -0.1) is 0 Å². The summed E-state index contributed by atoms with van der Waals surface area (Å²) in [6.45, 7) is 2.37. The number of carbonyl (C=O) groups is 1. The molecule has 3 rings (SSSR count). The van der Waals surface area contributed by atoms with E-state index < -0.39 is 0 Å². The van der Waals surface area contributed by atoms with Gasteiger partial charge in [0.25, 0.3) is 0 Å². The van der Waals surface area contributed by atoms with Crippen LogP contribution in [0.2, 0.25) is 0 Å². The molecule has 0 bridgehead atoms. The molecule has 0 unspecified atom stereocenters. The average molecular weight is 349 g/mol. The molecule has 26 heavy (non-hydrogen) atoms. The molecule has 5 heteroatoms. The number of methoxy groups -OCH3 is 1. The molecule has 0 saturated heterocycles. The summed E-state index contributed by atoms with van der Waals surface area (Å²) in [5.74, 6) is 0.790. The Morgan fingerprint density at radius 2 is 1.81 bits per heavy atom. The minimum absolute atomic E-state index is 0.00271. The predicted octanol–water partition coefficient (Wildman–Crippen LogP) is 3.57. The molecule has 0 aliphatic carbocycles. The van der Waals surface area contributed by atoms with E-state index in [1.54, 1.807) is 13.4 Å². The number of nitrogens with zero attached hydrogens (tertiary/aromatic N) is 1. The fourth-order valence-electron chi connectivity index (χ4n) is 2.95. The Kier molecular flexibility index (Phi) is 5.69. The third-order valence-electron chi connectivity index (χ3n) is 4.50. The molecule has 2 aromatic carbocycles. The standard InChI is InChI=1S/C21H23N3O2/c1-15-20(24-14-23-15)13-22-21(25)12-19(16-6-4-3-5-7-16)17-8-10-18(26-2)11-9-17/h3-11,14,19H,12-13H2,1-2H3,(H,22,25)(H,23,24)/t19-/m0/s1. The number of H-pyrrole nitrogens is 1. The molecule has 3 aromatic rings. The maximum absolute atomic E-state index is 12.6. The number of amides is 1. The van der Waals surface area contributed by atoms with E-state index in [1.165, 1.54) is 0 Å². The number of rotatable bonds is 7. The lowest BCUT2D eigenvalue weighted by atomic mass is 9.88. The van der Waals surface area contributed by atoms with Crippen LogP contribution < -0.4 is 10.1 Å². The zero-order valence-corrected chi connectivity index (χ0v) is 15.0. The minimum atomic E-state index is -0.0117. The van der Waals surface area contributed by atoms with Gasteiger partial charge < -0.3 is 15.0 Å². The van der Waals surface area contributed by atoms with Gasteiger partial charge in [0.2, 0.25) is 5.91 Å². The van der Waals surface area contributed by atoms with Gasteiger partial charge in [-0.3, -0.25) is 4.79 Å². The predicted molar refractivity (Wildman–Crippen MR) is 101 cm³/mol. The molecule has 2 N–H and O–H groups in total. The van der Waals surface area contributed by atoms with Gasteiger partial charge in [-0.1, -0.05) is 42.5 Å². The van der Waals surface area contributed by atoms with Gasteiger partial charge in [-0.25, -0.2) is 4.98 Å². The fourth-order valence-corrected chi connectivity index (χ4v) is 2.95. The lowest BCUT2D eigenvalue weighted by molar-refractivity contribution is -0.121. The molecule has 5 nitrogen and oxygen atoms in total. The van der Waals surface area contributed by atoms with Gasteiger partial charge in [0.1, 0.15) is 5.75 Å². The number of ether oxygens (including phenoxy) is 1. The molecule has 0 saturated carbocycles. The number of hydrogen-bond acceptors (Lipinski definition) is 3. The van der Waals surface area contributed by atoms with E-state index in [1.807, 2.05) is 49.4 Å². The molecule has 1 aromatic heterocycles. The first-order chi connectivity index (χ1) is 12.7. The van der Waals surface area contributed by atoms with Crippen molar-refractivity contribution in [3.05, 3.63) is 83.4 Å². The van der Waals surface area contributed by atoms with Crippen molar-refractivity contribution in [3.8, 4) is 5.75 Å². The van der Waals surface area contributed by atoms with E-state index in [-0.39, 0.29) is 11.8 Å². The Balaban J connectivity index is 1.75. The van der Waals surface area contributed by atoms with Crippen molar-refractivity contribution >= 4 is 5.91 Å². The van der Waals surface area contributed by atoms with Crippen LogP contribution in [0.3, 0.4) is 0 Å². The van der Waals surface area contributed by atoms with E-state index in [4.69, 9.17) is 4.74 Å². The van der Waals surface area contributed by atoms with Crippen LogP contribution in [0.15, 0.2) is 60.9 Å². The molecule has 1 atom stereocenters. The van der Waals surface area contributed by atoms with Gasteiger partial charge in [0, 0.05) is 18.0 Å². The van der Waals surface area contributed by atoms with Crippen LogP contribution in [0.1, 0.15) is 34.9 Å². The largest absolute Gasteiger partial charge is 0.497 e. The van der Waals surface area contributed by atoms with Gasteiger partial charge in [0.15, 0.2) is 0 Å². The monoisotopic (exact) mass is 349 g/mol. The van der Waals surface area contributed by atoms with Crippen molar-refractivity contribution in [2.24, 2.45) is 0 Å². The number of aromatic amines is 1. The van der Waals surface area contributed by atoms with E-state index >= 15 is 0 Å². The van der Waals surface area contributed by atoms with Crippen LogP contribution in [-0.2, 0) is 11.3 Å². The zero-order valence-electron chi connectivity index (χ0n) is 15.0. The minimum Gasteiger partial charge on any atom is -0.497 e. The number of hydrogen-bond donors (Lipinski definition) is 2. The van der Waals surface area contributed by atoms with Crippen molar-refractivity contribution in [1.29, 1.82) is 0 Å². The summed E-state index contributed by atoms with van der Waals surface area (Å²) in [4.78, 5) is 19.8. The molecule has 1 amide bonds. The Morgan fingerprint density at radius 1 is 1.12 bits per heavy atom. The van der Waals surface area contributed by atoms with Gasteiger partial charge >= 0.3 is 0 Å². The van der Waals surface area contributed by atoms with Crippen LogP contribution in [0.4, 0.5) is 0 Å². The molecule has 134 valence electrons. The Labute approximate surface area is 153 Å². The normalized spacial score (nSPS) is 11.8.